The number of halogens is 1. The summed E-state index contributed by atoms with van der Waals surface area (Å²) in [4.78, 5) is 16.0. The molecule has 3 aromatic rings. The maximum Gasteiger partial charge on any atom is 0.137 e. The minimum absolute atomic E-state index is 0. The molecule has 1 aromatic carbocycles. The van der Waals surface area contributed by atoms with Gasteiger partial charge in [0.2, 0.25) is 0 Å². The zero-order chi connectivity index (χ0) is 17.8. The van der Waals surface area contributed by atoms with Crippen LogP contribution in [0.2, 0.25) is 0 Å². The van der Waals surface area contributed by atoms with Crippen molar-refractivity contribution in [3.8, 4) is 11.3 Å². The van der Waals surface area contributed by atoms with Crippen molar-refractivity contribution in [2.24, 2.45) is 0 Å². The average molecular weight is 385 g/mol. The molecule has 142 valence electrons. The second-order valence-electron chi connectivity index (χ2n) is 6.73. The fourth-order valence-electron chi connectivity index (χ4n) is 3.49. The van der Waals surface area contributed by atoms with Gasteiger partial charge in [0.1, 0.15) is 12.1 Å². The molecule has 0 saturated carbocycles. The lowest BCUT2D eigenvalue weighted by Crippen LogP contribution is -2.47. The molecular weight excluding hydrogens is 360 g/mol. The molecule has 1 unspecified atom stereocenters. The molecule has 1 fully saturated rings. The molecule has 1 saturated heterocycles. The summed E-state index contributed by atoms with van der Waals surface area (Å²) in [6.45, 7) is 7.54. The monoisotopic (exact) mass is 384 g/mol. The number of anilines is 1. The SMILES string of the molecule is CC(CN1CCNCC1)Nc1ncnc2c(-c3ccccn3)cccc12.Cl. The van der Waals surface area contributed by atoms with Crippen LogP contribution in [-0.4, -0.2) is 58.6 Å². The zero-order valence-corrected chi connectivity index (χ0v) is 16.2. The van der Waals surface area contributed by atoms with E-state index in [-0.39, 0.29) is 12.4 Å². The Balaban J connectivity index is 0.00000210. The van der Waals surface area contributed by atoms with Crippen LogP contribution in [-0.2, 0) is 0 Å². The smallest absolute Gasteiger partial charge is 0.137 e. The molecule has 1 aliphatic heterocycles. The van der Waals surface area contributed by atoms with Gasteiger partial charge in [-0.25, -0.2) is 9.97 Å². The molecule has 0 radical (unpaired) electrons. The maximum atomic E-state index is 4.53. The normalized spacial score (nSPS) is 15.9. The summed E-state index contributed by atoms with van der Waals surface area (Å²) in [5.41, 5.74) is 2.89. The van der Waals surface area contributed by atoms with Gasteiger partial charge in [-0.05, 0) is 25.1 Å². The van der Waals surface area contributed by atoms with E-state index in [1.807, 2.05) is 30.5 Å². The lowest BCUT2D eigenvalue weighted by molar-refractivity contribution is 0.235. The van der Waals surface area contributed by atoms with Gasteiger partial charge in [0.15, 0.2) is 0 Å². The number of fused-ring (bicyclic) bond motifs is 1. The highest BCUT2D eigenvalue weighted by molar-refractivity contribution is 5.98. The number of nitrogens with zero attached hydrogens (tertiary/aromatic N) is 4. The predicted octanol–water partition coefficient (Wildman–Crippen LogP) is 2.82. The van der Waals surface area contributed by atoms with E-state index in [0.29, 0.717) is 6.04 Å². The number of pyridine rings is 1. The fourth-order valence-corrected chi connectivity index (χ4v) is 3.49. The summed E-state index contributed by atoms with van der Waals surface area (Å²) in [7, 11) is 0. The van der Waals surface area contributed by atoms with E-state index in [4.69, 9.17) is 0 Å². The molecule has 27 heavy (non-hydrogen) atoms. The van der Waals surface area contributed by atoms with Gasteiger partial charge in [-0.3, -0.25) is 9.88 Å². The molecular formula is C20H25ClN6. The van der Waals surface area contributed by atoms with Crippen LogP contribution < -0.4 is 10.6 Å². The summed E-state index contributed by atoms with van der Waals surface area (Å²) < 4.78 is 0. The summed E-state index contributed by atoms with van der Waals surface area (Å²) in [6, 6.07) is 12.4. The fraction of sp³-hybridized carbons (Fsp3) is 0.350. The van der Waals surface area contributed by atoms with E-state index in [9.17, 15) is 0 Å². The molecule has 7 heteroatoms. The third-order valence-electron chi connectivity index (χ3n) is 4.73. The van der Waals surface area contributed by atoms with E-state index in [1.165, 1.54) is 0 Å². The Labute approximate surface area is 165 Å². The van der Waals surface area contributed by atoms with Gasteiger partial charge < -0.3 is 10.6 Å². The molecule has 0 bridgehead atoms. The Hall–Kier alpha value is -2.28. The molecule has 6 nitrogen and oxygen atoms in total. The van der Waals surface area contributed by atoms with Crippen LogP contribution >= 0.6 is 12.4 Å². The number of aromatic nitrogens is 3. The number of nitrogens with one attached hydrogen (secondary N) is 2. The van der Waals surface area contributed by atoms with E-state index in [2.05, 4.69) is 49.5 Å². The van der Waals surface area contributed by atoms with Gasteiger partial charge in [0.25, 0.3) is 0 Å². The summed E-state index contributed by atoms with van der Waals surface area (Å²) in [6.07, 6.45) is 3.44. The number of rotatable bonds is 5. The molecule has 0 spiro atoms. The number of hydrogen-bond donors (Lipinski definition) is 2. The third kappa shape index (κ3) is 4.53. The molecule has 0 amide bonds. The topological polar surface area (TPSA) is 66.0 Å². The van der Waals surface area contributed by atoms with Gasteiger partial charge in [-0.2, -0.15) is 0 Å². The van der Waals surface area contributed by atoms with Gasteiger partial charge >= 0.3 is 0 Å². The standard InChI is InChI=1S/C20H24N6.ClH/c1-15(13-26-11-9-21-10-12-26)25-20-17-6-4-5-16(19(17)23-14-24-20)18-7-2-3-8-22-18;/h2-8,14-15,21H,9-13H2,1H3,(H,23,24,25);1H. The molecule has 2 aromatic heterocycles. The maximum absolute atomic E-state index is 4.53. The largest absolute Gasteiger partial charge is 0.366 e. The first kappa shape index (κ1) is 19.5. The first-order valence-corrected chi connectivity index (χ1v) is 9.16. The first-order valence-electron chi connectivity index (χ1n) is 9.16. The van der Waals surface area contributed by atoms with Crippen LogP contribution in [0.15, 0.2) is 48.9 Å². The van der Waals surface area contributed by atoms with E-state index >= 15 is 0 Å². The van der Waals surface area contributed by atoms with Crippen LogP contribution in [0.25, 0.3) is 22.2 Å². The molecule has 1 atom stereocenters. The van der Waals surface area contributed by atoms with Gasteiger partial charge in [-0.1, -0.05) is 18.2 Å². The highest BCUT2D eigenvalue weighted by atomic mass is 35.5. The van der Waals surface area contributed by atoms with Gasteiger partial charge in [0.05, 0.1) is 11.2 Å². The molecule has 0 aliphatic carbocycles. The van der Waals surface area contributed by atoms with Crippen molar-refractivity contribution in [1.29, 1.82) is 0 Å². The third-order valence-corrected chi connectivity index (χ3v) is 4.73. The minimum Gasteiger partial charge on any atom is -0.366 e. The van der Waals surface area contributed by atoms with Crippen LogP contribution in [0.5, 0.6) is 0 Å². The number of piperazine rings is 1. The van der Waals surface area contributed by atoms with Crippen molar-refractivity contribution in [2.75, 3.05) is 38.0 Å². The lowest BCUT2D eigenvalue weighted by atomic mass is 10.1. The Morgan fingerprint density at radius 2 is 1.93 bits per heavy atom. The molecule has 3 heterocycles. The van der Waals surface area contributed by atoms with E-state index in [1.54, 1.807) is 6.33 Å². The van der Waals surface area contributed by atoms with Crippen molar-refractivity contribution in [1.82, 2.24) is 25.2 Å². The Kier molecular flexibility index (Phi) is 6.55. The number of benzene rings is 1. The first-order chi connectivity index (χ1) is 12.8. The second kappa shape index (κ2) is 9.08. The summed E-state index contributed by atoms with van der Waals surface area (Å²) in [5, 5.41) is 8.00. The second-order valence-corrected chi connectivity index (χ2v) is 6.73. The van der Waals surface area contributed by atoms with Crippen LogP contribution in [0, 0.1) is 0 Å². The van der Waals surface area contributed by atoms with Gasteiger partial charge in [0, 0.05) is 55.9 Å². The van der Waals surface area contributed by atoms with Crippen molar-refractivity contribution >= 4 is 29.1 Å². The van der Waals surface area contributed by atoms with Crippen LogP contribution in [0.4, 0.5) is 5.82 Å². The number of hydrogen-bond acceptors (Lipinski definition) is 6. The highest BCUT2D eigenvalue weighted by Crippen LogP contribution is 2.28. The van der Waals surface area contributed by atoms with Crippen molar-refractivity contribution in [3.05, 3.63) is 48.9 Å². The average Bonchev–Trinajstić information content (AvgIpc) is 2.69. The Morgan fingerprint density at radius 1 is 1.07 bits per heavy atom. The Morgan fingerprint density at radius 3 is 2.70 bits per heavy atom. The van der Waals surface area contributed by atoms with Gasteiger partial charge in [-0.15, -0.1) is 12.4 Å². The lowest BCUT2D eigenvalue weighted by Gasteiger charge is -2.30. The predicted molar refractivity (Wildman–Crippen MR) is 112 cm³/mol. The molecule has 1 aliphatic rings. The summed E-state index contributed by atoms with van der Waals surface area (Å²) >= 11 is 0. The van der Waals surface area contributed by atoms with Crippen LogP contribution in [0.3, 0.4) is 0 Å². The number of para-hydroxylation sites is 1. The van der Waals surface area contributed by atoms with E-state index in [0.717, 1.165) is 60.7 Å². The molecule has 4 rings (SSSR count). The van der Waals surface area contributed by atoms with Crippen molar-refractivity contribution in [3.63, 3.8) is 0 Å². The zero-order valence-electron chi connectivity index (χ0n) is 15.4. The molecule has 2 N–H and O–H groups in total. The minimum atomic E-state index is 0. The quantitative estimate of drug-likeness (QED) is 0.705. The highest BCUT2D eigenvalue weighted by Gasteiger charge is 2.15. The summed E-state index contributed by atoms with van der Waals surface area (Å²) in [5.74, 6) is 0.885. The van der Waals surface area contributed by atoms with Crippen LogP contribution in [0.1, 0.15) is 6.92 Å². The van der Waals surface area contributed by atoms with E-state index < -0.39 is 0 Å². The van der Waals surface area contributed by atoms with Crippen molar-refractivity contribution in [2.45, 2.75) is 13.0 Å². The Bertz CT molecular complexity index is 867. The van der Waals surface area contributed by atoms with Crippen molar-refractivity contribution < 1.29 is 0 Å².